The van der Waals surface area contributed by atoms with Crippen molar-refractivity contribution in [2.45, 2.75) is 19.8 Å². The second-order valence-corrected chi connectivity index (χ2v) is 7.53. The van der Waals surface area contributed by atoms with Gasteiger partial charge in [0.1, 0.15) is 10.6 Å². The van der Waals surface area contributed by atoms with Crippen LogP contribution in [0.5, 0.6) is 22.3 Å². The quantitative estimate of drug-likeness (QED) is 0.620. The maximum atomic E-state index is 12.5. The van der Waals surface area contributed by atoms with Gasteiger partial charge in [-0.05, 0) is 43.0 Å². The molecule has 8 heteroatoms. The SMILES string of the molecule is CCOC(=O)c1sc(Oc2ccc3c(c2)OCO3)c2c1CCc1cnn(C)c1-2. The fraction of sp³-hybridized carbons (Fsp3) is 0.300. The molecule has 1 aliphatic carbocycles. The van der Waals surface area contributed by atoms with Gasteiger partial charge in [0.25, 0.3) is 0 Å². The molecule has 0 saturated carbocycles. The summed E-state index contributed by atoms with van der Waals surface area (Å²) in [5.41, 5.74) is 4.03. The number of carbonyl (C=O) groups excluding carboxylic acids is 1. The zero-order chi connectivity index (χ0) is 19.3. The Bertz CT molecular complexity index is 1080. The minimum Gasteiger partial charge on any atom is -0.462 e. The van der Waals surface area contributed by atoms with Gasteiger partial charge in [0.2, 0.25) is 6.79 Å². The summed E-state index contributed by atoms with van der Waals surface area (Å²) in [5, 5.41) is 5.05. The molecule has 1 aromatic carbocycles. The number of hydrogen-bond acceptors (Lipinski definition) is 7. The molecule has 0 radical (unpaired) electrons. The van der Waals surface area contributed by atoms with E-state index < -0.39 is 0 Å². The number of ether oxygens (including phenoxy) is 4. The maximum absolute atomic E-state index is 12.5. The largest absolute Gasteiger partial charge is 0.462 e. The van der Waals surface area contributed by atoms with E-state index in [0.29, 0.717) is 33.8 Å². The Hall–Kier alpha value is -3.00. The van der Waals surface area contributed by atoms with Gasteiger partial charge in [0, 0.05) is 13.1 Å². The molecular formula is C20H18N2O5S. The molecule has 1 aliphatic heterocycles. The number of aryl methyl sites for hydroxylation is 2. The van der Waals surface area contributed by atoms with Crippen molar-refractivity contribution in [3.8, 4) is 33.6 Å². The van der Waals surface area contributed by atoms with Crippen LogP contribution in [0.4, 0.5) is 0 Å². The number of thiophene rings is 1. The van der Waals surface area contributed by atoms with Crippen LogP contribution < -0.4 is 14.2 Å². The monoisotopic (exact) mass is 398 g/mol. The summed E-state index contributed by atoms with van der Waals surface area (Å²) in [6, 6.07) is 5.45. The van der Waals surface area contributed by atoms with E-state index in [1.165, 1.54) is 11.3 Å². The van der Waals surface area contributed by atoms with Crippen molar-refractivity contribution in [3.05, 3.63) is 40.4 Å². The zero-order valence-electron chi connectivity index (χ0n) is 15.5. The first-order valence-corrected chi connectivity index (χ1v) is 9.89. The lowest BCUT2D eigenvalue weighted by molar-refractivity contribution is 0.0531. The highest BCUT2D eigenvalue weighted by Gasteiger charge is 2.32. The Labute approximate surface area is 165 Å². The molecule has 3 heterocycles. The summed E-state index contributed by atoms with van der Waals surface area (Å²) < 4.78 is 24.1. The highest BCUT2D eigenvalue weighted by atomic mass is 32.1. The molecular weight excluding hydrogens is 380 g/mol. The van der Waals surface area contributed by atoms with Gasteiger partial charge in [-0.2, -0.15) is 5.10 Å². The van der Waals surface area contributed by atoms with Crippen LogP contribution in [0, 0.1) is 0 Å². The van der Waals surface area contributed by atoms with Crippen LogP contribution in [0.25, 0.3) is 11.3 Å². The molecule has 0 unspecified atom stereocenters. The van der Waals surface area contributed by atoms with E-state index in [2.05, 4.69) is 5.10 Å². The van der Waals surface area contributed by atoms with E-state index in [9.17, 15) is 4.79 Å². The Morgan fingerprint density at radius 2 is 2.14 bits per heavy atom. The number of benzene rings is 1. The summed E-state index contributed by atoms with van der Waals surface area (Å²) in [7, 11) is 1.90. The smallest absolute Gasteiger partial charge is 0.348 e. The molecule has 144 valence electrons. The average Bonchev–Trinajstić information content (AvgIpc) is 3.39. The molecule has 2 aromatic heterocycles. The van der Waals surface area contributed by atoms with E-state index in [1.807, 2.05) is 30.1 Å². The predicted molar refractivity (Wildman–Crippen MR) is 103 cm³/mol. The first-order valence-electron chi connectivity index (χ1n) is 9.07. The molecule has 5 rings (SSSR count). The molecule has 0 spiro atoms. The minimum atomic E-state index is -0.310. The van der Waals surface area contributed by atoms with Crippen molar-refractivity contribution in [2.24, 2.45) is 7.05 Å². The van der Waals surface area contributed by atoms with Crippen molar-refractivity contribution in [3.63, 3.8) is 0 Å². The fourth-order valence-electron chi connectivity index (χ4n) is 3.65. The number of nitrogens with zero attached hydrogens (tertiary/aromatic N) is 2. The van der Waals surface area contributed by atoms with Crippen LogP contribution in [-0.2, 0) is 24.6 Å². The van der Waals surface area contributed by atoms with Gasteiger partial charge in [-0.25, -0.2) is 4.79 Å². The van der Waals surface area contributed by atoms with Crippen LogP contribution in [-0.4, -0.2) is 29.1 Å². The summed E-state index contributed by atoms with van der Waals surface area (Å²) >= 11 is 1.32. The number of aromatic nitrogens is 2. The Balaban J connectivity index is 1.61. The fourth-order valence-corrected chi connectivity index (χ4v) is 4.76. The summed E-state index contributed by atoms with van der Waals surface area (Å²) in [5.74, 6) is 1.66. The molecule has 0 N–H and O–H groups in total. The van der Waals surface area contributed by atoms with Gasteiger partial charge >= 0.3 is 5.97 Å². The maximum Gasteiger partial charge on any atom is 0.348 e. The molecule has 0 atom stereocenters. The average molecular weight is 398 g/mol. The lowest BCUT2D eigenvalue weighted by Gasteiger charge is -2.16. The Morgan fingerprint density at radius 3 is 3.00 bits per heavy atom. The van der Waals surface area contributed by atoms with Crippen LogP contribution in [0.3, 0.4) is 0 Å². The molecule has 7 nitrogen and oxygen atoms in total. The highest BCUT2D eigenvalue weighted by molar-refractivity contribution is 7.16. The first-order chi connectivity index (χ1) is 13.7. The van der Waals surface area contributed by atoms with Crippen molar-refractivity contribution >= 4 is 17.3 Å². The number of esters is 1. The normalized spacial score (nSPS) is 13.8. The van der Waals surface area contributed by atoms with Crippen LogP contribution in [0.2, 0.25) is 0 Å². The van der Waals surface area contributed by atoms with Gasteiger partial charge in [-0.3, -0.25) is 4.68 Å². The van der Waals surface area contributed by atoms with E-state index in [4.69, 9.17) is 18.9 Å². The van der Waals surface area contributed by atoms with Crippen LogP contribution >= 0.6 is 11.3 Å². The van der Waals surface area contributed by atoms with Gasteiger partial charge in [0.05, 0.1) is 24.1 Å². The number of hydrogen-bond donors (Lipinski definition) is 0. The van der Waals surface area contributed by atoms with E-state index >= 15 is 0 Å². The summed E-state index contributed by atoms with van der Waals surface area (Å²) in [6.07, 6.45) is 3.47. The van der Waals surface area contributed by atoms with Gasteiger partial charge in [-0.1, -0.05) is 11.3 Å². The van der Waals surface area contributed by atoms with E-state index in [0.717, 1.165) is 35.2 Å². The van der Waals surface area contributed by atoms with E-state index in [-0.39, 0.29) is 12.8 Å². The standard InChI is InChI=1S/C20H18N2O5S/c1-3-24-19(23)18-13-6-4-11-9-21-22(2)17(11)16(13)20(28-18)27-12-5-7-14-15(8-12)26-10-25-14/h5,7-9H,3-4,6,10H2,1-2H3. The number of fused-ring (bicyclic) bond motifs is 4. The summed E-state index contributed by atoms with van der Waals surface area (Å²) in [4.78, 5) is 13.1. The third kappa shape index (κ3) is 2.63. The molecule has 3 aromatic rings. The van der Waals surface area contributed by atoms with Crippen LogP contribution in [0.1, 0.15) is 27.7 Å². The third-order valence-corrected chi connectivity index (χ3v) is 5.98. The number of carbonyl (C=O) groups is 1. The molecule has 28 heavy (non-hydrogen) atoms. The predicted octanol–water partition coefficient (Wildman–Crippen LogP) is 3.94. The summed E-state index contributed by atoms with van der Waals surface area (Å²) in [6.45, 7) is 2.35. The molecule has 2 aliphatic rings. The third-order valence-electron chi connectivity index (χ3n) is 4.89. The zero-order valence-corrected chi connectivity index (χ0v) is 16.3. The molecule has 0 saturated heterocycles. The first kappa shape index (κ1) is 17.1. The lowest BCUT2D eigenvalue weighted by Crippen LogP contribution is -2.10. The molecule has 0 amide bonds. The molecule has 0 bridgehead atoms. The Kier molecular flexibility index (Phi) is 4.01. The van der Waals surface area contributed by atoms with Gasteiger partial charge in [-0.15, -0.1) is 0 Å². The number of rotatable bonds is 4. The second-order valence-electron chi connectivity index (χ2n) is 6.55. The van der Waals surface area contributed by atoms with Crippen molar-refractivity contribution in [1.29, 1.82) is 0 Å². The van der Waals surface area contributed by atoms with Crippen LogP contribution in [0.15, 0.2) is 24.4 Å². The van der Waals surface area contributed by atoms with Gasteiger partial charge < -0.3 is 18.9 Å². The van der Waals surface area contributed by atoms with E-state index in [1.54, 1.807) is 13.0 Å². The Morgan fingerprint density at radius 1 is 1.29 bits per heavy atom. The molecule has 0 fully saturated rings. The van der Waals surface area contributed by atoms with Gasteiger partial charge in [0.15, 0.2) is 16.6 Å². The minimum absolute atomic E-state index is 0.207. The van der Waals surface area contributed by atoms with Crippen molar-refractivity contribution in [2.75, 3.05) is 13.4 Å². The topological polar surface area (TPSA) is 71.8 Å². The van der Waals surface area contributed by atoms with Crippen molar-refractivity contribution < 1.29 is 23.7 Å². The highest BCUT2D eigenvalue weighted by Crippen LogP contribution is 2.49. The van der Waals surface area contributed by atoms with Crippen molar-refractivity contribution in [1.82, 2.24) is 9.78 Å². The lowest BCUT2D eigenvalue weighted by atomic mass is 9.91. The second kappa shape index (κ2) is 6.56.